The summed E-state index contributed by atoms with van der Waals surface area (Å²) in [5, 5.41) is 0. The van der Waals surface area contributed by atoms with E-state index in [0.717, 1.165) is 11.1 Å². The average molecular weight is 202 g/mol. The summed E-state index contributed by atoms with van der Waals surface area (Å²) < 4.78 is 5.73. The summed E-state index contributed by atoms with van der Waals surface area (Å²) in [6, 6.07) is 7.98. The molecule has 2 atom stereocenters. The first kappa shape index (κ1) is 10.1. The molecule has 1 aromatic carbocycles. The summed E-state index contributed by atoms with van der Waals surface area (Å²) in [5.74, 6) is -0.0103. The van der Waals surface area contributed by atoms with E-state index in [-0.39, 0.29) is 18.0 Å². The van der Waals surface area contributed by atoms with Gasteiger partial charge in [0.1, 0.15) is 6.10 Å². The SMILES string of the molecule is C=C(C(C)=O)C1OC(C)c2ccccc21. The first-order valence-corrected chi connectivity index (χ1v) is 5.05. The van der Waals surface area contributed by atoms with Gasteiger partial charge in [0, 0.05) is 5.57 Å². The van der Waals surface area contributed by atoms with Crippen LogP contribution < -0.4 is 0 Å². The first-order valence-electron chi connectivity index (χ1n) is 5.05. The Labute approximate surface area is 89.6 Å². The fraction of sp³-hybridized carbons (Fsp3) is 0.308. The quantitative estimate of drug-likeness (QED) is 0.689. The van der Waals surface area contributed by atoms with Gasteiger partial charge in [-0.1, -0.05) is 30.8 Å². The molecule has 1 aliphatic heterocycles. The largest absolute Gasteiger partial charge is 0.361 e. The van der Waals surface area contributed by atoms with Gasteiger partial charge in [-0.15, -0.1) is 0 Å². The molecule has 0 saturated heterocycles. The highest BCUT2D eigenvalue weighted by molar-refractivity contribution is 5.94. The lowest BCUT2D eigenvalue weighted by atomic mass is 9.97. The lowest BCUT2D eigenvalue weighted by molar-refractivity contribution is -0.115. The van der Waals surface area contributed by atoms with Gasteiger partial charge in [0.25, 0.3) is 0 Å². The number of ether oxygens (including phenoxy) is 1. The van der Waals surface area contributed by atoms with Crippen LogP contribution in [0.15, 0.2) is 36.4 Å². The van der Waals surface area contributed by atoms with Crippen molar-refractivity contribution in [3.63, 3.8) is 0 Å². The zero-order chi connectivity index (χ0) is 11.0. The molecule has 0 amide bonds. The Morgan fingerprint density at radius 1 is 1.33 bits per heavy atom. The molecule has 0 fully saturated rings. The molecule has 2 rings (SSSR count). The van der Waals surface area contributed by atoms with Crippen LogP contribution >= 0.6 is 0 Å². The zero-order valence-electron chi connectivity index (χ0n) is 8.99. The molecular formula is C13H14O2. The second kappa shape index (κ2) is 3.63. The van der Waals surface area contributed by atoms with Gasteiger partial charge in [0.05, 0.1) is 6.10 Å². The highest BCUT2D eigenvalue weighted by Crippen LogP contribution is 2.41. The van der Waals surface area contributed by atoms with E-state index < -0.39 is 0 Å². The number of carbonyl (C=O) groups is 1. The first-order chi connectivity index (χ1) is 7.11. The van der Waals surface area contributed by atoms with Crippen LogP contribution in [0.1, 0.15) is 37.2 Å². The molecule has 78 valence electrons. The molecule has 0 saturated carbocycles. The number of fused-ring (bicyclic) bond motifs is 1. The number of ketones is 1. The highest BCUT2D eigenvalue weighted by Gasteiger charge is 2.31. The van der Waals surface area contributed by atoms with Gasteiger partial charge < -0.3 is 4.74 Å². The lowest BCUT2D eigenvalue weighted by Gasteiger charge is -2.12. The molecule has 0 N–H and O–H groups in total. The van der Waals surface area contributed by atoms with Gasteiger partial charge >= 0.3 is 0 Å². The van der Waals surface area contributed by atoms with E-state index in [1.165, 1.54) is 6.92 Å². The van der Waals surface area contributed by atoms with Gasteiger partial charge in [-0.05, 0) is 25.0 Å². The molecule has 0 radical (unpaired) electrons. The number of hydrogen-bond donors (Lipinski definition) is 0. The predicted molar refractivity (Wildman–Crippen MR) is 58.5 cm³/mol. The van der Waals surface area contributed by atoms with Gasteiger partial charge in [-0.2, -0.15) is 0 Å². The van der Waals surface area contributed by atoms with Gasteiger partial charge in [-0.25, -0.2) is 0 Å². The fourth-order valence-corrected chi connectivity index (χ4v) is 1.93. The maximum absolute atomic E-state index is 11.3. The molecule has 1 aliphatic rings. The summed E-state index contributed by atoms with van der Waals surface area (Å²) in [5.41, 5.74) is 2.77. The minimum atomic E-state index is -0.256. The molecule has 15 heavy (non-hydrogen) atoms. The number of rotatable bonds is 2. The Morgan fingerprint density at radius 3 is 2.53 bits per heavy atom. The molecule has 0 spiro atoms. The van der Waals surface area contributed by atoms with Crippen LogP contribution in [-0.2, 0) is 9.53 Å². The number of Topliss-reactive ketones (excluding diaryl/α,β-unsaturated/α-hetero) is 1. The van der Waals surface area contributed by atoms with E-state index in [1.54, 1.807) is 0 Å². The van der Waals surface area contributed by atoms with Crippen LogP contribution in [0.2, 0.25) is 0 Å². The molecule has 2 nitrogen and oxygen atoms in total. The molecule has 0 bridgehead atoms. The van der Waals surface area contributed by atoms with Crippen LogP contribution in [0, 0.1) is 0 Å². The molecule has 1 heterocycles. The monoisotopic (exact) mass is 202 g/mol. The van der Waals surface area contributed by atoms with Crippen molar-refractivity contribution >= 4 is 5.78 Å². The predicted octanol–water partition coefficient (Wildman–Crippen LogP) is 2.96. The molecule has 1 aromatic rings. The summed E-state index contributed by atoms with van der Waals surface area (Å²) >= 11 is 0. The van der Waals surface area contributed by atoms with Crippen molar-refractivity contribution in [3.05, 3.63) is 47.5 Å². The minimum absolute atomic E-state index is 0.0103. The molecule has 0 aliphatic carbocycles. The third-order valence-corrected chi connectivity index (χ3v) is 2.83. The van der Waals surface area contributed by atoms with Crippen LogP contribution in [0.3, 0.4) is 0 Å². The molecule has 2 heteroatoms. The number of benzene rings is 1. The van der Waals surface area contributed by atoms with Crippen LogP contribution in [-0.4, -0.2) is 5.78 Å². The van der Waals surface area contributed by atoms with Crippen molar-refractivity contribution < 1.29 is 9.53 Å². The van der Waals surface area contributed by atoms with E-state index >= 15 is 0 Å². The smallest absolute Gasteiger partial charge is 0.158 e. The number of hydrogen-bond acceptors (Lipinski definition) is 2. The molecular weight excluding hydrogens is 188 g/mol. The normalized spacial score (nSPS) is 23.6. The van der Waals surface area contributed by atoms with Crippen molar-refractivity contribution in [1.29, 1.82) is 0 Å². The Hall–Kier alpha value is -1.41. The zero-order valence-corrected chi connectivity index (χ0v) is 8.99. The second-order valence-corrected chi connectivity index (χ2v) is 3.87. The average Bonchev–Trinajstić information content (AvgIpc) is 2.56. The van der Waals surface area contributed by atoms with Crippen molar-refractivity contribution in [2.24, 2.45) is 0 Å². The van der Waals surface area contributed by atoms with Crippen LogP contribution in [0.5, 0.6) is 0 Å². The second-order valence-electron chi connectivity index (χ2n) is 3.87. The minimum Gasteiger partial charge on any atom is -0.361 e. The summed E-state index contributed by atoms with van der Waals surface area (Å²) in [6.07, 6.45) is -0.212. The van der Waals surface area contributed by atoms with E-state index in [2.05, 4.69) is 6.58 Å². The Kier molecular flexibility index (Phi) is 2.45. The summed E-state index contributed by atoms with van der Waals surface area (Å²) in [6.45, 7) is 7.31. The van der Waals surface area contributed by atoms with Crippen molar-refractivity contribution in [3.8, 4) is 0 Å². The van der Waals surface area contributed by atoms with Crippen LogP contribution in [0.25, 0.3) is 0 Å². The number of carbonyl (C=O) groups excluding carboxylic acids is 1. The molecule has 2 unspecified atom stereocenters. The van der Waals surface area contributed by atoms with E-state index in [9.17, 15) is 4.79 Å². The van der Waals surface area contributed by atoms with Crippen molar-refractivity contribution in [2.45, 2.75) is 26.1 Å². The van der Waals surface area contributed by atoms with Crippen molar-refractivity contribution in [1.82, 2.24) is 0 Å². The summed E-state index contributed by atoms with van der Waals surface area (Å²) in [7, 11) is 0. The van der Waals surface area contributed by atoms with E-state index in [1.807, 2.05) is 31.2 Å². The van der Waals surface area contributed by atoms with Crippen LogP contribution in [0.4, 0.5) is 0 Å². The topological polar surface area (TPSA) is 26.3 Å². The van der Waals surface area contributed by atoms with Gasteiger partial charge in [-0.3, -0.25) is 4.79 Å². The maximum Gasteiger partial charge on any atom is 0.158 e. The lowest BCUT2D eigenvalue weighted by Crippen LogP contribution is -2.07. The third-order valence-electron chi connectivity index (χ3n) is 2.83. The Bertz CT molecular complexity index is 420. The van der Waals surface area contributed by atoms with Gasteiger partial charge in [0.2, 0.25) is 0 Å². The Morgan fingerprint density at radius 2 is 1.93 bits per heavy atom. The van der Waals surface area contributed by atoms with E-state index in [0.29, 0.717) is 5.57 Å². The van der Waals surface area contributed by atoms with Gasteiger partial charge in [0.15, 0.2) is 5.78 Å². The summed E-state index contributed by atoms with van der Waals surface area (Å²) in [4.78, 5) is 11.3. The Balaban J connectivity index is 2.41. The standard InChI is InChI=1S/C13H14O2/c1-8(9(2)14)13-12-7-5-4-6-11(12)10(3)15-13/h4-7,10,13H,1H2,2-3H3. The highest BCUT2D eigenvalue weighted by atomic mass is 16.5. The fourth-order valence-electron chi connectivity index (χ4n) is 1.93. The van der Waals surface area contributed by atoms with Crippen molar-refractivity contribution in [2.75, 3.05) is 0 Å². The third kappa shape index (κ3) is 1.61. The molecule has 0 aromatic heterocycles. The maximum atomic E-state index is 11.3. The van der Waals surface area contributed by atoms with E-state index in [4.69, 9.17) is 4.74 Å².